The summed E-state index contributed by atoms with van der Waals surface area (Å²) in [5.41, 5.74) is 6.31. The van der Waals surface area contributed by atoms with Crippen molar-refractivity contribution in [2.45, 2.75) is 20.5 Å². The second-order valence-electron chi connectivity index (χ2n) is 4.67. The van der Waals surface area contributed by atoms with Crippen LogP contribution in [0.3, 0.4) is 0 Å². The average Bonchev–Trinajstić information content (AvgIpc) is 2.34. The van der Waals surface area contributed by atoms with E-state index < -0.39 is 4.92 Å². The Morgan fingerprint density at radius 1 is 1.32 bits per heavy atom. The first-order valence-corrected chi connectivity index (χ1v) is 6.19. The highest BCUT2D eigenvalue weighted by atomic mass is 16.6. The molecule has 2 N–H and O–H groups in total. The molecule has 0 atom stereocenters. The Morgan fingerprint density at radius 3 is 2.63 bits per heavy atom. The van der Waals surface area contributed by atoms with E-state index in [9.17, 15) is 10.1 Å². The Hall–Kier alpha value is -1.66. The number of nitro benzene ring substituents is 1. The van der Waals surface area contributed by atoms with Gasteiger partial charge < -0.3 is 15.2 Å². The first kappa shape index (κ1) is 15.4. The lowest BCUT2D eigenvalue weighted by Gasteiger charge is -2.08. The first-order valence-electron chi connectivity index (χ1n) is 6.19. The molecule has 0 aliphatic carbocycles. The largest absolute Gasteiger partial charge is 0.393 e. The minimum absolute atomic E-state index is 0.0860. The smallest absolute Gasteiger partial charge is 0.292 e. The second kappa shape index (κ2) is 7.70. The van der Waals surface area contributed by atoms with Crippen molar-refractivity contribution in [2.24, 2.45) is 5.92 Å². The van der Waals surface area contributed by atoms with Crippen LogP contribution < -0.4 is 5.73 Å². The minimum atomic E-state index is -0.495. The lowest BCUT2D eigenvalue weighted by molar-refractivity contribution is -0.384. The van der Waals surface area contributed by atoms with Gasteiger partial charge in [-0.3, -0.25) is 10.1 Å². The third-order valence-electron chi connectivity index (χ3n) is 2.38. The predicted octanol–water partition coefficient (Wildman–Crippen LogP) is 2.37. The van der Waals surface area contributed by atoms with Gasteiger partial charge in [0.05, 0.1) is 24.7 Å². The van der Waals surface area contributed by atoms with Crippen molar-refractivity contribution in [1.29, 1.82) is 0 Å². The maximum absolute atomic E-state index is 10.7. The van der Waals surface area contributed by atoms with E-state index in [-0.39, 0.29) is 11.4 Å². The number of hydrogen-bond acceptors (Lipinski definition) is 5. The molecular weight excluding hydrogens is 248 g/mol. The summed E-state index contributed by atoms with van der Waals surface area (Å²) < 4.78 is 10.7. The molecule has 0 saturated carbocycles. The van der Waals surface area contributed by atoms with Crippen molar-refractivity contribution in [1.82, 2.24) is 0 Å². The fourth-order valence-electron chi connectivity index (χ4n) is 1.46. The summed E-state index contributed by atoms with van der Waals surface area (Å²) in [7, 11) is 0. The minimum Gasteiger partial charge on any atom is -0.393 e. The summed E-state index contributed by atoms with van der Waals surface area (Å²) in [5, 5.41) is 10.7. The number of ether oxygens (including phenoxy) is 2. The van der Waals surface area contributed by atoms with Crippen LogP contribution in [-0.4, -0.2) is 24.7 Å². The van der Waals surface area contributed by atoms with Crippen LogP contribution in [0.5, 0.6) is 0 Å². The Bertz CT molecular complexity index is 421. The second-order valence-corrected chi connectivity index (χ2v) is 4.67. The van der Waals surface area contributed by atoms with Gasteiger partial charge in [0.25, 0.3) is 5.69 Å². The summed E-state index contributed by atoms with van der Waals surface area (Å²) in [4.78, 5) is 10.2. The molecule has 0 heterocycles. The van der Waals surface area contributed by atoms with E-state index in [0.29, 0.717) is 32.3 Å². The molecule has 0 unspecified atom stereocenters. The highest BCUT2D eigenvalue weighted by molar-refractivity contribution is 5.59. The van der Waals surface area contributed by atoms with Gasteiger partial charge in [0.15, 0.2) is 0 Å². The van der Waals surface area contributed by atoms with Gasteiger partial charge in [0.1, 0.15) is 5.69 Å². The van der Waals surface area contributed by atoms with Gasteiger partial charge in [-0.15, -0.1) is 0 Å². The van der Waals surface area contributed by atoms with Crippen molar-refractivity contribution in [3.8, 4) is 0 Å². The van der Waals surface area contributed by atoms with Crippen LogP contribution >= 0.6 is 0 Å². The molecule has 0 spiro atoms. The van der Waals surface area contributed by atoms with Gasteiger partial charge in [-0.1, -0.05) is 19.9 Å². The number of nitro groups is 1. The van der Waals surface area contributed by atoms with Crippen molar-refractivity contribution in [3.63, 3.8) is 0 Å². The number of nitrogen functional groups attached to an aromatic ring is 1. The third-order valence-corrected chi connectivity index (χ3v) is 2.38. The van der Waals surface area contributed by atoms with Crippen LogP contribution in [0, 0.1) is 16.0 Å². The molecule has 0 aromatic heterocycles. The van der Waals surface area contributed by atoms with Crippen molar-refractivity contribution < 1.29 is 14.4 Å². The topological polar surface area (TPSA) is 87.6 Å². The lowest BCUT2D eigenvalue weighted by Crippen LogP contribution is -2.08. The molecule has 1 aromatic rings. The van der Waals surface area contributed by atoms with Crippen LogP contribution in [0.2, 0.25) is 0 Å². The molecular formula is C13H20N2O4. The summed E-state index contributed by atoms with van der Waals surface area (Å²) >= 11 is 0. The molecule has 0 aliphatic heterocycles. The van der Waals surface area contributed by atoms with Gasteiger partial charge in [0.2, 0.25) is 0 Å². The summed E-state index contributed by atoms with van der Waals surface area (Å²) in [6.45, 7) is 6.16. The summed E-state index contributed by atoms with van der Waals surface area (Å²) in [5.74, 6) is 0.500. The highest BCUT2D eigenvalue weighted by Gasteiger charge is 2.11. The molecule has 106 valence electrons. The Kier molecular flexibility index (Phi) is 6.24. The molecule has 1 aromatic carbocycles. The Morgan fingerprint density at radius 2 is 2.00 bits per heavy atom. The molecule has 0 saturated heterocycles. The number of hydrogen-bond donors (Lipinski definition) is 1. The van der Waals surface area contributed by atoms with Crippen molar-refractivity contribution >= 4 is 11.4 Å². The molecule has 6 heteroatoms. The zero-order chi connectivity index (χ0) is 14.3. The number of anilines is 1. The van der Waals surface area contributed by atoms with Gasteiger partial charge in [-0.25, -0.2) is 0 Å². The average molecular weight is 268 g/mol. The van der Waals surface area contributed by atoms with E-state index in [1.807, 2.05) is 0 Å². The molecule has 1 rings (SSSR count). The number of benzene rings is 1. The highest BCUT2D eigenvalue weighted by Crippen LogP contribution is 2.22. The van der Waals surface area contributed by atoms with E-state index >= 15 is 0 Å². The maximum Gasteiger partial charge on any atom is 0.292 e. The third kappa shape index (κ3) is 5.67. The van der Waals surface area contributed by atoms with E-state index in [0.717, 1.165) is 5.56 Å². The standard InChI is InChI=1S/C13H20N2O4/c1-10(2)8-18-5-6-19-9-11-3-4-12(14)13(7-11)15(16)17/h3-4,7,10H,5-6,8-9,14H2,1-2H3. The summed E-state index contributed by atoms with van der Waals surface area (Å²) in [6, 6.07) is 4.67. The van der Waals surface area contributed by atoms with E-state index in [2.05, 4.69) is 13.8 Å². The van der Waals surface area contributed by atoms with E-state index in [1.165, 1.54) is 12.1 Å². The Labute approximate surface area is 112 Å². The molecule has 0 fully saturated rings. The van der Waals surface area contributed by atoms with Gasteiger partial charge in [-0.2, -0.15) is 0 Å². The zero-order valence-corrected chi connectivity index (χ0v) is 11.3. The first-order chi connectivity index (χ1) is 9.00. The van der Waals surface area contributed by atoms with Crippen LogP contribution in [0.25, 0.3) is 0 Å². The van der Waals surface area contributed by atoms with Crippen molar-refractivity contribution in [3.05, 3.63) is 33.9 Å². The number of rotatable bonds is 8. The molecule has 0 amide bonds. The van der Waals surface area contributed by atoms with Gasteiger partial charge in [-0.05, 0) is 17.5 Å². The Balaban J connectivity index is 2.34. The fraction of sp³-hybridized carbons (Fsp3) is 0.538. The zero-order valence-electron chi connectivity index (χ0n) is 11.3. The molecule has 6 nitrogen and oxygen atoms in total. The van der Waals surface area contributed by atoms with Gasteiger partial charge in [0, 0.05) is 12.7 Å². The quantitative estimate of drug-likeness (QED) is 0.338. The van der Waals surface area contributed by atoms with Crippen LogP contribution in [-0.2, 0) is 16.1 Å². The number of nitrogens with zero attached hydrogens (tertiary/aromatic N) is 1. The molecule has 19 heavy (non-hydrogen) atoms. The van der Waals surface area contributed by atoms with Gasteiger partial charge >= 0.3 is 0 Å². The maximum atomic E-state index is 10.7. The van der Waals surface area contributed by atoms with Crippen LogP contribution in [0.1, 0.15) is 19.4 Å². The predicted molar refractivity (Wildman–Crippen MR) is 72.8 cm³/mol. The van der Waals surface area contributed by atoms with Crippen LogP contribution in [0.4, 0.5) is 11.4 Å². The molecule has 0 aliphatic rings. The normalized spacial score (nSPS) is 10.9. The van der Waals surface area contributed by atoms with E-state index in [1.54, 1.807) is 6.07 Å². The summed E-state index contributed by atoms with van der Waals surface area (Å²) in [6.07, 6.45) is 0. The number of nitrogens with two attached hydrogens (primary N) is 1. The molecule has 0 bridgehead atoms. The van der Waals surface area contributed by atoms with Crippen molar-refractivity contribution in [2.75, 3.05) is 25.6 Å². The van der Waals surface area contributed by atoms with E-state index in [4.69, 9.17) is 15.2 Å². The lowest BCUT2D eigenvalue weighted by atomic mass is 10.2. The fourth-order valence-corrected chi connectivity index (χ4v) is 1.46. The van der Waals surface area contributed by atoms with Crippen LogP contribution in [0.15, 0.2) is 18.2 Å². The monoisotopic (exact) mass is 268 g/mol. The SMILES string of the molecule is CC(C)COCCOCc1ccc(N)c([N+](=O)[O-])c1. The molecule has 0 radical (unpaired) electrons.